The minimum atomic E-state index is 0.279. The van der Waals surface area contributed by atoms with Crippen molar-refractivity contribution in [3.63, 3.8) is 0 Å². The zero-order valence-corrected chi connectivity index (χ0v) is 15.4. The summed E-state index contributed by atoms with van der Waals surface area (Å²) in [6.45, 7) is 0. The maximum Gasteiger partial charge on any atom is 0.229 e. The van der Waals surface area contributed by atoms with Crippen molar-refractivity contribution in [3.05, 3.63) is 35.6 Å². The fourth-order valence-corrected chi connectivity index (χ4v) is 5.14. The van der Waals surface area contributed by atoms with E-state index in [1.807, 2.05) is 23.7 Å². The molecule has 0 aromatic carbocycles. The van der Waals surface area contributed by atoms with Gasteiger partial charge in [0, 0.05) is 35.4 Å². The molecule has 5 heteroatoms. The molecule has 0 N–H and O–H groups in total. The highest BCUT2D eigenvalue weighted by Crippen LogP contribution is 2.32. The van der Waals surface area contributed by atoms with Crippen molar-refractivity contribution in [2.75, 3.05) is 0 Å². The lowest BCUT2D eigenvalue weighted by Gasteiger charge is -2.34. The number of thiazole rings is 1. The summed E-state index contributed by atoms with van der Waals surface area (Å²) in [5.74, 6) is 0.279. The van der Waals surface area contributed by atoms with Crippen LogP contribution < -0.4 is 0 Å². The molecule has 2 aliphatic carbocycles. The molecule has 0 bridgehead atoms. The molecule has 2 saturated carbocycles. The summed E-state index contributed by atoms with van der Waals surface area (Å²) < 4.78 is 0. The summed E-state index contributed by atoms with van der Waals surface area (Å²) in [4.78, 5) is 24.2. The van der Waals surface area contributed by atoms with Crippen LogP contribution in [0.15, 0.2) is 29.9 Å². The third-order valence-electron chi connectivity index (χ3n) is 5.52. The minimum absolute atomic E-state index is 0.279. The van der Waals surface area contributed by atoms with E-state index in [-0.39, 0.29) is 5.91 Å². The number of carbonyl (C=O) groups excluding carboxylic acids is 1. The Kier molecular flexibility index (Phi) is 5.11. The van der Waals surface area contributed by atoms with Gasteiger partial charge in [-0.3, -0.25) is 9.78 Å². The van der Waals surface area contributed by atoms with Crippen LogP contribution in [0.5, 0.6) is 0 Å². The molecule has 1 amide bonds. The molecule has 0 radical (unpaired) electrons. The summed E-state index contributed by atoms with van der Waals surface area (Å²) in [6.07, 6.45) is 13.8. The van der Waals surface area contributed by atoms with Gasteiger partial charge in [-0.05, 0) is 37.8 Å². The van der Waals surface area contributed by atoms with E-state index < -0.39 is 0 Å². The van der Waals surface area contributed by atoms with Crippen molar-refractivity contribution in [3.8, 4) is 10.6 Å². The lowest BCUT2D eigenvalue weighted by Crippen LogP contribution is -2.45. The first-order valence-corrected chi connectivity index (χ1v) is 10.4. The van der Waals surface area contributed by atoms with Crippen molar-refractivity contribution in [1.82, 2.24) is 14.9 Å². The van der Waals surface area contributed by atoms with Crippen molar-refractivity contribution in [2.24, 2.45) is 0 Å². The Balaban J connectivity index is 1.48. The lowest BCUT2D eigenvalue weighted by atomic mass is 10.1. The molecule has 2 fully saturated rings. The zero-order chi connectivity index (χ0) is 17.1. The van der Waals surface area contributed by atoms with Crippen molar-refractivity contribution in [2.45, 2.75) is 69.9 Å². The first-order chi connectivity index (χ1) is 12.3. The number of pyridine rings is 1. The number of nitrogens with zero attached hydrogens (tertiary/aromatic N) is 3. The maximum atomic E-state index is 13.1. The van der Waals surface area contributed by atoms with Gasteiger partial charge in [-0.1, -0.05) is 25.7 Å². The van der Waals surface area contributed by atoms with Gasteiger partial charge in [-0.15, -0.1) is 11.3 Å². The second kappa shape index (κ2) is 7.65. The van der Waals surface area contributed by atoms with Gasteiger partial charge in [0.25, 0.3) is 0 Å². The fraction of sp³-hybridized carbons (Fsp3) is 0.550. The van der Waals surface area contributed by atoms with E-state index in [4.69, 9.17) is 0 Å². The molecule has 132 valence electrons. The maximum absolute atomic E-state index is 13.1. The molecule has 2 heterocycles. The second-order valence-corrected chi connectivity index (χ2v) is 8.10. The van der Waals surface area contributed by atoms with Gasteiger partial charge in [-0.25, -0.2) is 4.98 Å². The third kappa shape index (κ3) is 3.76. The Morgan fingerprint density at radius 3 is 2.40 bits per heavy atom. The molecule has 0 saturated heterocycles. The third-order valence-corrected chi connectivity index (χ3v) is 6.46. The van der Waals surface area contributed by atoms with Crippen molar-refractivity contribution in [1.29, 1.82) is 0 Å². The lowest BCUT2D eigenvalue weighted by molar-refractivity contribution is -0.135. The monoisotopic (exact) mass is 355 g/mol. The molecule has 2 aliphatic rings. The molecular formula is C20H25N3OS. The molecule has 0 atom stereocenters. The van der Waals surface area contributed by atoms with Crippen LogP contribution in [-0.2, 0) is 11.2 Å². The average Bonchev–Trinajstić information content (AvgIpc) is 3.39. The Morgan fingerprint density at radius 1 is 1.12 bits per heavy atom. The van der Waals surface area contributed by atoms with E-state index in [2.05, 4.69) is 14.9 Å². The number of hydrogen-bond acceptors (Lipinski definition) is 4. The van der Waals surface area contributed by atoms with E-state index in [1.165, 1.54) is 51.4 Å². The summed E-state index contributed by atoms with van der Waals surface area (Å²) in [6, 6.07) is 4.86. The molecule has 0 spiro atoms. The van der Waals surface area contributed by atoms with Gasteiger partial charge in [0.15, 0.2) is 0 Å². The highest BCUT2D eigenvalue weighted by molar-refractivity contribution is 7.13. The number of aromatic nitrogens is 2. The van der Waals surface area contributed by atoms with E-state index in [1.54, 1.807) is 17.5 Å². The van der Waals surface area contributed by atoms with Gasteiger partial charge in [0.05, 0.1) is 12.1 Å². The van der Waals surface area contributed by atoms with E-state index in [9.17, 15) is 4.79 Å². The molecule has 0 aliphatic heterocycles. The van der Waals surface area contributed by atoms with E-state index in [0.717, 1.165) is 16.3 Å². The van der Waals surface area contributed by atoms with Crippen LogP contribution in [0.4, 0.5) is 0 Å². The van der Waals surface area contributed by atoms with Crippen LogP contribution in [0.2, 0.25) is 0 Å². The first-order valence-electron chi connectivity index (χ1n) is 9.47. The predicted octanol–water partition coefficient (Wildman–Crippen LogP) is 4.46. The summed E-state index contributed by atoms with van der Waals surface area (Å²) >= 11 is 1.60. The van der Waals surface area contributed by atoms with E-state index >= 15 is 0 Å². The largest absolute Gasteiger partial charge is 0.336 e. The molecule has 2 aromatic rings. The molecule has 4 rings (SSSR count). The number of hydrogen-bond donors (Lipinski definition) is 0. The molecule has 4 nitrogen and oxygen atoms in total. The molecular weight excluding hydrogens is 330 g/mol. The second-order valence-electron chi connectivity index (χ2n) is 7.24. The number of amides is 1. The van der Waals surface area contributed by atoms with Crippen LogP contribution in [-0.4, -0.2) is 32.9 Å². The van der Waals surface area contributed by atoms with Gasteiger partial charge in [-0.2, -0.15) is 0 Å². The number of rotatable bonds is 5. The predicted molar refractivity (Wildman–Crippen MR) is 100 cm³/mol. The SMILES string of the molecule is O=C(Cc1csc(-c2cccnc2)n1)N(C1CCCC1)C1CCCC1. The van der Waals surface area contributed by atoms with Crippen LogP contribution in [0.25, 0.3) is 10.6 Å². The summed E-state index contributed by atoms with van der Waals surface area (Å²) in [5, 5.41) is 2.98. The average molecular weight is 356 g/mol. The van der Waals surface area contributed by atoms with Crippen LogP contribution in [0.1, 0.15) is 57.1 Å². The normalized spacial score (nSPS) is 18.7. The fourth-order valence-electron chi connectivity index (χ4n) is 4.33. The molecule has 25 heavy (non-hydrogen) atoms. The highest BCUT2D eigenvalue weighted by Gasteiger charge is 2.34. The first kappa shape index (κ1) is 16.7. The Morgan fingerprint density at radius 2 is 1.80 bits per heavy atom. The Labute approximate surface area is 153 Å². The zero-order valence-electron chi connectivity index (χ0n) is 14.6. The van der Waals surface area contributed by atoms with Gasteiger partial charge in [0.1, 0.15) is 5.01 Å². The smallest absolute Gasteiger partial charge is 0.229 e. The van der Waals surface area contributed by atoms with Gasteiger partial charge >= 0.3 is 0 Å². The molecule has 2 aromatic heterocycles. The summed E-state index contributed by atoms with van der Waals surface area (Å²) in [7, 11) is 0. The van der Waals surface area contributed by atoms with Crippen LogP contribution in [0, 0.1) is 0 Å². The van der Waals surface area contributed by atoms with Crippen molar-refractivity contribution < 1.29 is 4.79 Å². The standard InChI is InChI=1S/C20H25N3OS/c24-19(23(17-7-1-2-8-17)18-9-3-4-10-18)12-16-14-25-20(22-16)15-6-5-11-21-13-15/h5-6,11,13-14,17-18H,1-4,7-10,12H2. The minimum Gasteiger partial charge on any atom is -0.336 e. The van der Waals surface area contributed by atoms with Crippen LogP contribution >= 0.6 is 11.3 Å². The Bertz CT molecular complexity index is 687. The number of carbonyl (C=O) groups is 1. The summed E-state index contributed by atoms with van der Waals surface area (Å²) in [5.41, 5.74) is 1.92. The highest BCUT2D eigenvalue weighted by atomic mass is 32.1. The van der Waals surface area contributed by atoms with Gasteiger partial charge < -0.3 is 4.90 Å². The topological polar surface area (TPSA) is 46.1 Å². The quantitative estimate of drug-likeness (QED) is 0.795. The van der Waals surface area contributed by atoms with Crippen LogP contribution in [0.3, 0.4) is 0 Å². The molecule has 0 unspecified atom stereocenters. The van der Waals surface area contributed by atoms with Gasteiger partial charge in [0.2, 0.25) is 5.91 Å². The Hall–Kier alpha value is -1.75. The van der Waals surface area contributed by atoms with E-state index in [0.29, 0.717) is 18.5 Å². The van der Waals surface area contributed by atoms with Crippen molar-refractivity contribution >= 4 is 17.2 Å².